The smallest absolute Gasteiger partial charge is 0.325 e. The molecule has 0 saturated heterocycles. The lowest BCUT2D eigenvalue weighted by atomic mass is 10.1. The number of carbonyl (C=O) groups excluding carboxylic acids is 2. The number of thiophene rings is 1. The first-order valence-electron chi connectivity index (χ1n) is 6.21. The minimum atomic E-state index is -0.437. The maximum atomic E-state index is 11.6. The summed E-state index contributed by atoms with van der Waals surface area (Å²) in [4.78, 5) is 25.1. The highest BCUT2D eigenvalue weighted by Gasteiger charge is 2.14. The van der Waals surface area contributed by atoms with Crippen LogP contribution in [0, 0.1) is 13.8 Å². The van der Waals surface area contributed by atoms with E-state index in [1.165, 1.54) is 9.75 Å². The molecule has 1 heterocycles. The largest absolute Gasteiger partial charge is 0.465 e. The lowest BCUT2D eigenvalue weighted by Crippen LogP contribution is -2.40. The zero-order chi connectivity index (χ0) is 14.4. The number of hydrogen-bond acceptors (Lipinski definition) is 4. The van der Waals surface area contributed by atoms with Gasteiger partial charge < -0.3 is 15.4 Å². The van der Waals surface area contributed by atoms with Crippen LogP contribution in [0.1, 0.15) is 35.2 Å². The SMILES string of the molecule is CCOC(=O)CNC(=O)NC(C)c1cc(C)sc1C. The number of urea groups is 1. The van der Waals surface area contributed by atoms with Crippen LogP contribution in [0.2, 0.25) is 0 Å². The lowest BCUT2D eigenvalue weighted by Gasteiger charge is -2.14. The van der Waals surface area contributed by atoms with Gasteiger partial charge in [0.15, 0.2) is 0 Å². The maximum Gasteiger partial charge on any atom is 0.325 e. The van der Waals surface area contributed by atoms with Crippen LogP contribution in [0.5, 0.6) is 0 Å². The molecule has 0 aliphatic carbocycles. The third-order valence-corrected chi connectivity index (χ3v) is 3.57. The van der Waals surface area contributed by atoms with Gasteiger partial charge in [0.25, 0.3) is 0 Å². The predicted octanol–water partition coefficient (Wildman–Crippen LogP) is 2.29. The van der Waals surface area contributed by atoms with Crippen LogP contribution >= 0.6 is 11.3 Å². The standard InChI is InChI=1S/C13H20N2O3S/c1-5-18-12(16)7-14-13(17)15-9(3)11-6-8(2)19-10(11)4/h6,9H,5,7H2,1-4H3,(H2,14,15,17). The molecule has 2 amide bonds. The van der Waals surface area contributed by atoms with Crippen molar-refractivity contribution >= 4 is 23.3 Å². The number of hydrogen-bond donors (Lipinski definition) is 2. The molecular weight excluding hydrogens is 264 g/mol. The second-order valence-corrected chi connectivity index (χ2v) is 5.68. The van der Waals surface area contributed by atoms with Crippen LogP contribution in [0.15, 0.2) is 6.07 Å². The van der Waals surface area contributed by atoms with Crippen molar-refractivity contribution in [2.45, 2.75) is 33.7 Å². The second kappa shape index (κ2) is 7.13. The highest BCUT2D eigenvalue weighted by atomic mass is 32.1. The van der Waals surface area contributed by atoms with Crippen molar-refractivity contribution in [3.8, 4) is 0 Å². The minimum Gasteiger partial charge on any atom is -0.465 e. The van der Waals surface area contributed by atoms with Crippen LogP contribution in [0.4, 0.5) is 4.79 Å². The summed E-state index contributed by atoms with van der Waals surface area (Å²) in [5.74, 6) is -0.437. The molecule has 0 aliphatic heterocycles. The Kier molecular flexibility index (Phi) is 5.82. The molecule has 0 spiro atoms. The van der Waals surface area contributed by atoms with Gasteiger partial charge >= 0.3 is 12.0 Å². The van der Waals surface area contributed by atoms with E-state index in [1.54, 1.807) is 18.3 Å². The molecule has 1 atom stereocenters. The van der Waals surface area contributed by atoms with E-state index < -0.39 is 5.97 Å². The fourth-order valence-electron chi connectivity index (χ4n) is 1.77. The molecule has 5 nitrogen and oxygen atoms in total. The zero-order valence-corrected chi connectivity index (χ0v) is 12.5. The Morgan fingerprint density at radius 1 is 1.42 bits per heavy atom. The third-order valence-electron chi connectivity index (χ3n) is 2.59. The van der Waals surface area contributed by atoms with E-state index in [0.717, 1.165) is 5.56 Å². The van der Waals surface area contributed by atoms with E-state index in [2.05, 4.69) is 16.7 Å². The van der Waals surface area contributed by atoms with Gasteiger partial charge in [-0.15, -0.1) is 11.3 Å². The van der Waals surface area contributed by atoms with Gasteiger partial charge in [0.1, 0.15) is 6.54 Å². The summed E-state index contributed by atoms with van der Waals surface area (Å²) in [5, 5.41) is 5.27. The zero-order valence-electron chi connectivity index (χ0n) is 11.7. The summed E-state index contributed by atoms with van der Waals surface area (Å²) in [7, 11) is 0. The van der Waals surface area contributed by atoms with E-state index in [4.69, 9.17) is 4.74 Å². The maximum absolute atomic E-state index is 11.6. The molecular formula is C13H20N2O3S. The van der Waals surface area contributed by atoms with Gasteiger partial charge in [-0.2, -0.15) is 0 Å². The number of amides is 2. The van der Waals surface area contributed by atoms with Crippen molar-refractivity contribution in [2.75, 3.05) is 13.2 Å². The van der Waals surface area contributed by atoms with Gasteiger partial charge in [-0.1, -0.05) is 0 Å². The molecule has 106 valence electrons. The van der Waals surface area contributed by atoms with E-state index in [1.807, 2.05) is 20.8 Å². The van der Waals surface area contributed by atoms with Crippen molar-refractivity contribution in [2.24, 2.45) is 0 Å². The molecule has 1 rings (SSSR count). The second-order valence-electron chi connectivity index (χ2n) is 4.22. The first kappa shape index (κ1) is 15.5. The Hall–Kier alpha value is -1.56. The van der Waals surface area contributed by atoms with Crippen LogP contribution in [0.3, 0.4) is 0 Å². The molecule has 1 unspecified atom stereocenters. The molecule has 6 heteroatoms. The molecule has 0 saturated carbocycles. The topological polar surface area (TPSA) is 67.4 Å². The van der Waals surface area contributed by atoms with Crippen molar-refractivity contribution in [3.05, 3.63) is 21.4 Å². The summed E-state index contributed by atoms with van der Waals surface area (Å²) in [6.07, 6.45) is 0. The molecule has 1 aromatic heterocycles. The molecule has 0 aliphatic rings. The number of aryl methyl sites for hydroxylation is 2. The van der Waals surface area contributed by atoms with Crippen LogP contribution in [-0.2, 0) is 9.53 Å². The average Bonchev–Trinajstić information content (AvgIpc) is 2.66. The summed E-state index contributed by atoms with van der Waals surface area (Å²) in [6, 6.07) is 1.60. The third kappa shape index (κ3) is 4.90. The molecule has 19 heavy (non-hydrogen) atoms. The van der Waals surface area contributed by atoms with Crippen molar-refractivity contribution in [3.63, 3.8) is 0 Å². The van der Waals surface area contributed by atoms with Crippen LogP contribution < -0.4 is 10.6 Å². The monoisotopic (exact) mass is 284 g/mol. The van der Waals surface area contributed by atoms with Crippen molar-refractivity contribution in [1.29, 1.82) is 0 Å². The Balaban J connectivity index is 2.44. The minimum absolute atomic E-state index is 0.0906. The van der Waals surface area contributed by atoms with Gasteiger partial charge in [0, 0.05) is 9.75 Å². The first-order chi connectivity index (χ1) is 8.93. The van der Waals surface area contributed by atoms with Gasteiger partial charge in [-0.25, -0.2) is 4.79 Å². The fraction of sp³-hybridized carbons (Fsp3) is 0.538. The molecule has 0 bridgehead atoms. The summed E-state index contributed by atoms with van der Waals surface area (Å²) in [6.45, 7) is 7.90. The van der Waals surface area contributed by atoms with Gasteiger partial charge in [-0.3, -0.25) is 4.79 Å². The van der Waals surface area contributed by atoms with Gasteiger partial charge in [-0.05, 0) is 39.3 Å². The first-order valence-corrected chi connectivity index (χ1v) is 7.02. The van der Waals surface area contributed by atoms with Crippen LogP contribution in [-0.4, -0.2) is 25.2 Å². The van der Waals surface area contributed by atoms with Gasteiger partial charge in [0.2, 0.25) is 0 Å². The molecule has 0 aromatic carbocycles. The Bertz CT molecular complexity index is 457. The molecule has 1 aromatic rings. The number of carbonyl (C=O) groups is 2. The Morgan fingerprint density at radius 2 is 2.11 bits per heavy atom. The number of rotatable bonds is 5. The van der Waals surface area contributed by atoms with Crippen LogP contribution in [0.25, 0.3) is 0 Å². The van der Waals surface area contributed by atoms with Crippen molar-refractivity contribution < 1.29 is 14.3 Å². The number of esters is 1. The lowest BCUT2D eigenvalue weighted by molar-refractivity contribution is -0.141. The summed E-state index contributed by atoms with van der Waals surface area (Å²) in [5.41, 5.74) is 1.11. The molecule has 2 N–H and O–H groups in total. The molecule has 0 fully saturated rings. The Labute approximate surface area is 117 Å². The van der Waals surface area contributed by atoms with Crippen molar-refractivity contribution in [1.82, 2.24) is 10.6 Å². The Morgan fingerprint density at radius 3 is 2.63 bits per heavy atom. The summed E-state index contributed by atoms with van der Waals surface area (Å²) < 4.78 is 4.72. The number of nitrogens with one attached hydrogen (secondary N) is 2. The van der Waals surface area contributed by atoms with E-state index in [9.17, 15) is 9.59 Å². The van der Waals surface area contributed by atoms with Gasteiger partial charge in [0.05, 0.1) is 12.6 Å². The van der Waals surface area contributed by atoms with E-state index in [-0.39, 0.29) is 18.6 Å². The quantitative estimate of drug-likeness (QED) is 0.815. The highest BCUT2D eigenvalue weighted by molar-refractivity contribution is 7.12. The highest BCUT2D eigenvalue weighted by Crippen LogP contribution is 2.25. The predicted molar refractivity (Wildman–Crippen MR) is 75.4 cm³/mol. The van der Waals surface area contributed by atoms with E-state index >= 15 is 0 Å². The normalized spacial score (nSPS) is 11.8. The van der Waals surface area contributed by atoms with E-state index in [0.29, 0.717) is 6.61 Å². The average molecular weight is 284 g/mol. The number of ether oxygens (including phenoxy) is 1. The molecule has 0 radical (unpaired) electrons. The fourth-order valence-corrected chi connectivity index (χ4v) is 2.79. The summed E-state index contributed by atoms with van der Waals surface area (Å²) >= 11 is 1.70.